The Kier molecular flexibility index (Phi) is 8.27. The predicted molar refractivity (Wildman–Crippen MR) is 125 cm³/mol. The van der Waals surface area contributed by atoms with E-state index in [1.807, 2.05) is 19.9 Å². The summed E-state index contributed by atoms with van der Waals surface area (Å²) in [5.74, 6) is -1.49. The van der Waals surface area contributed by atoms with Crippen molar-refractivity contribution < 1.29 is 29.0 Å². The lowest BCUT2D eigenvalue weighted by atomic mass is 9.95. The van der Waals surface area contributed by atoms with Gasteiger partial charge in [0.1, 0.15) is 24.1 Å². The summed E-state index contributed by atoms with van der Waals surface area (Å²) in [6, 6.07) is 5.14. The lowest BCUT2D eigenvalue weighted by Gasteiger charge is -2.24. The molecule has 34 heavy (non-hydrogen) atoms. The number of H-pyrrole nitrogens is 1. The summed E-state index contributed by atoms with van der Waals surface area (Å²) in [6.07, 6.45) is 0.992. The molecule has 3 atom stereocenters. The number of aliphatic hydroxyl groups is 1. The number of nitrogens with one attached hydrogen (secondary N) is 4. The number of carbonyl (C=O) groups is 4. The first-order valence-corrected chi connectivity index (χ1v) is 11.4. The molecule has 1 saturated heterocycles. The molecule has 5 N–H and O–H groups in total. The predicted octanol–water partition coefficient (Wildman–Crippen LogP) is 0.893. The minimum absolute atomic E-state index is 0.0754. The molecule has 1 aliphatic rings. The fraction of sp³-hybridized carbons (Fsp3) is 0.500. The van der Waals surface area contributed by atoms with Crippen LogP contribution in [-0.4, -0.2) is 65.9 Å². The molecular weight excluding hydrogens is 440 g/mol. The second-order valence-electron chi connectivity index (χ2n) is 8.96. The van der Waals surface area contributed by atoms with Gasteiger partial charge in [0.2, 0.25) is 11.8 Å². The van der Waals surface area contributed by atoms with Crippen molar-refractivity contribution in [3.05, 3.63) is 30.0 Å². The van der Waals surface area contributed by atoms with E-state index in [4.69, 9.17) is 4.74 Å². The van der Waals surface area contributed by atoms with Crippen molar-refractivity contribution in [2.24, 2.45) is 11.8 Å². The first kappa shape index (κ1) is 25.2. The van der Waals surface area contributed by atoms with Gasteiger partial charge in [-0.15, -0.1) is 0 Å². The fourth-order valence-electron chi connectivity index (χ4n) is 4.17. The van der Waals surface area contributed by atoms with Gasteiger partial charge in [-0.05, 0) is 43.4 Å². The number of hydrogen-bond donors (Lipinski definition) is 5. The number of aromatic amines is 1. The number of aromatic nitrogens is 1. The van der Waals surface area contributed by atoms with Crippen molar-refractivity contribution in [3.8, 4) is 5.75 Å². The molecule has 0 unspecified atom stereocenters. The second kappa shape index (κ2) is 11.1. The third kappa shape index (κ3) is 5.93. The summed E-state index contributed by atoms with van der Waals surface area (Å²) in [5.41, 5.74) is 0.990. The monoisotopic (exact) mass is 472 g/mol. The Balaban J connectivity index is 1.75. The van der Waals surface area contributed by atoms with Crippen LogP contribution in [0.5, 0.6) is 5.75 Å². The topological polar surface area (TPSA) is 150 Å². The molecule has 0 radical (unpaired) electrons. The average molecular weight is 473 g/mol. The standard InChI is InChI=1S/C24H32N4O6/c1-13(2)9-18(23(32)27-17(20(30)12-29)10-14-7-8-25-22(14)31)28-24(33)19-11-15-16(26-19)5-4-6-21(15)34-3/h4-6,11,13-14,17-18,26,29H,7-10,12H2,1-3H3,(H,25,31)(H,27,32)(H,28,33)/t14-,17+,18+/m1/s1. The maximum atomic E-state index is 13.1. The number of aliphatic hydroxyl groups excluding tert-OH is 1. The summed E-state index contributed by atoms with van der Waals surface area (Å²) in [5, 5.41) is 18.2. The van der Waals surface area contributed by atoms with E-state index in [0.29, 0.717) is 25.1 Å². The van der Waals surface area contributed by atoms with Gasteiger partial charge in [-0.25, -0.2) is 0 Å². The third-order valence-electron chi connectivity index (χ3n) is 5.96. The van der Waals surface area contributed by atoms with Crippen LogP contribution in [0.2, 0.25) is 0 Å². The maximum Gasteiger partial charge on any atom is 0.268 e. The van der Waals surface area contributed by atoms with E-state index < -0.39 is 42.2 Å². The van der Waals surface area contributed by atoms with E-state index in [0.717, 1.165) is 10.9 Å². The Morgan fingerprint density at radius 3 is 2.59 bits per heavy atom. The molecule has 3 amide bonds. The Morgan fingerprint density at radius 1 is 1.21 bits per heavy atom. The molecule has 1 aromatic carbocycles. The van der Waals surface area contributed by atoms with E-state index in [-0.39, 0.29) is 23.9 Å². The second-order valence-corrected chi connectivity index (χ2v) is 8.96. The van der Waals surface area contributed by atoms with Crippen molar-refractivity contribution in [2.45, 2.75) is 45.2 Å². The highest BCUT2D eigenvalue weighted by Crippen LogP contribution is 2.26. The van der Waals surface area contributed by atoms with Gasteiger partial charge in [-0.2, -0.15) is 0 Å². The zero-order chi connectivity index (χ0) is 24.8. The van der Waals surface area contributed by atoms with Crippen molar-refractivity contribution in [1.29, 1.82) is 0 Å². The van der Waals surface area contributed by atoms with E-state index >= 15 is 0 Å². The van der Waals surface area contributed by atoms with Crippen molar-refractivity contribution in [1.82, 2.24) is 20.9 Å². The van der Waals surface area contributed by atoms with E-state index in [1.165, 1.54) is 0 Å². The van der Waals surface area contributed by atoms with Crippen LogP contribution in [0.1, 0.15) is 43.6 Å². The van der Waals surface area contributed by atoms with E-state index in [1.54, 1.807) is 25.3 Å². The average Bonchev–Trinajstić information content (AvgIpc) is 3.43. The molecule has 0 bridgehead atoms. The smallest absolute Gasteiger partial charge is 0.268 e. The lowest BCUT2D eigenvalue weighted by Crippen LogP contribution is -2.53. The molecule has 0 aliphatic carbocycles. The molecule has 1 aromatic heterocycles. The van der Waals surface area contributed by atoms with Crippen LogP contribution in [-0.2, 0) is 14.4 Å². The number of methoxy groups -OCH3 is 1. The number of benzene rings is 1. The number of carbonyl (C=O) groups excluding carboxylic acids is 4. The normalized spacial score (nSPS) is 17.3. The highest BCUT2D eigenvalue weighted by atomic mass is 16.5. The summed E-state index contributed by atoms with van der Waals surface area (Å²) < 4.78 is 5.33. The van der Waals surface area contributed by atoms with Gasteiger partial charge < -0.3 is 30.8 Å². The first-order chi connectivity index (χ1) is 16.2. The van der Waals surface area contributed by atoms with Gasteiger partial charge in [0.25, 0.3) is 5.91 Å². The molecule has 10 nitrogen and oxygen atoms in total. The highest BCUT2D eigenvalue weighted by Gasteiger charge is 2.33. The fourth-order valence-corrected chi connectivity index (χ4v) is 4.17. The summed E-state index contributed by atoms with van der Waals surface area (Å²) >= 11 is 0. The van der Waals surface area contributed by atoms with Gasteiger partial charge in [0.15, 0.2) is 5.78 Å². The zero-order valence-electron chi connectivity index (χ0n) is 19.6. The number of amides is 3. The Labute approximate surface area is 197 Å². The molecule has 2 aromatic rings. The molecule has 1 aliphatic heterocycles. The van der Waals surface area contributed by atoms with Crippen molar-refractivity contribution in [3.63, 3.8) is 0 Å². The van der Waals surface area contributed by atoms with Crippen LogP contribution in [0.3, 0.4) is 0 Å². The van der Waals surface area contributed by atoms with Crippen LogP contribution in [0.4, 0.5) is 0 Å². The molecule has 184 valence electrons. The maximum absolute atomic E-state index is 13.1. The first-order valence-electron chi connectivity index (χ1n) is 11.4. The van der Waals surface area contributed by atoms with Crippen LogP contribution in [0.15, 0.2) is 24.3 Å². The van der Waals surface area contributed by atoms with Gasteiger partial charge in [0, 0.05) is 23.4 Å². The number of ether oxygens (including phenoxy) is 1. The minimum atomic E-state index is -1.02. The highest BCUT2D eigenvalue weighted by molar-refractivity contribution is 6.02. The SMILES string of the molecule is COc1cccc2[nH]c(C(=O)N[C@@H](CC(C)C)C(=O)N[C@@H](C[C@H]3CCNC3=O)C(=O)CO)cc12. The number of ketones is 1. The van der Waals surface area contributed by atoms with Gasteiger partial charge in [-0.1, -0.05) is 19.9 Å². The van der Waals surface area contributed by atoms with E-state index in [2.05, 4.69) is 20.9 Å². The van der Waals surface area contributed by atoms with Crippen molar-refractivity contribution >= 4 is 34.4 Å². The number of hydrogen-bond acceptors (Lipinski definition) is 6. The van der Waals surface area contributed by atoms with Crippen LogP contribution >= 0.6 is 0 Å². The summed E-state index contributed by atoms with van der Waals surface area (Å²) in [4.78, 5) is 53.4. The number of fused-ring (bicyclic) bond motifs is 1. The van der Waals surface area contributed by atoms with Gasteiger partial charge >= 0.3 is 0 Å². The number of Topliss-reactive ketones (excluding diaryl/α,β-unsaturated/α-hetero) is 1. The molecule has 3 rings (SSSR count). The van der Waals surface area contributed by atoms with Crippen LogP contribution < -0.4 is 20.7 Å². The van der Waals surface area contributed by atoms with Crippen LogP contribution in [0.25, 0.3) is 10.9 Å². The molecular formula is C24H32N4O6. The lowest BCUT2D eigenvalue weighted by molar-refractivity contribution is -0.131. The largest absolute Gasteiger partial charge is 0.496 e. The number of rotatable bonds is 11. The van der Waals surface area contributed by atoms with E-state index in [9.17, 15) is 24.3 Å². The Morgan fingerprint density at radius 2 is 1.97 bits per heavy atom. The zero-order valence-corrected chi connectivity index (χ0v) is 19.6. The minimum Gasteiger partial charge on any atom is -0.496 e. The summed E-state index contributed by atoms with van der Waals surface area (Å²) in [6.45, 7) is 3.59. The Bertz CT molecular complexity index is 1060. The molecule has 1 fully saturated rings. The quantitative estimate of drug-likeness (QED) is 0.328. The van der Waals surface area contributed by atoms with Crippen LogP contribution in [0, 0.1) is 11.8 Å². The summed E-state index contributed by atoms with van der Waals surface area (Å²) in [7, 11) is 1.55. The third-order valence-corrected chi connectivity index (χ3v) is 5.96. The molecule has 0 spiro atoms. The molecule has 2 heterocycles. The van der Waals surface area contributed by atoms with Gasteiger partial charge in [0.05, 0.1) is 13.2 Å². The van der Waals surface area contributed by atoms with Gasteiger partial charge in [-0.3, -0.25) is 19.2 Å². The van der Waals surface area contributed by atoms with Crippen molar-refractivity contribution in [2.75, 3.05) is 20.3 Å². The molecule has 10 heteroatoms. The Hall–Kier alpha value is -3.40. The molecule has 0 saturated carbocycles.